The van der Waals surface area contributed by atoms with Crippen molar-refractivity contribution in [1.82, 2.24) is 14.2 Å². The van der Waals surface area contributed by atoms with E-state index in [0.29, 0.717) is 26.5 Å². The first kappa shape index (κ1) is 25.8. The average Bonchev–Trinajstić information content (AvgIpc) is 3.15. The van der Waals surface area contributed by atoms with Gasteiger partial charge >= 0.3 is 6.18 Å². The van der Waals surface area contributed by atoms with E-state index in [-0.39, 0.29) is 11.4 Å². The molecule has 0 aliphatic carbocycles. The molecule has 0 spiro atoms. The zero-order valence-corrected chi connectivity index (χ0v) is 21.6. The van der Waals surface area contributed by atoms with Crippen molar-refractivity contribution >= 4 is 40.3 Å². The van der Waals surface area contributed by atoms with Crippen LogP contribution in [0.5, 0.6) is 0 Å². The third kappa shape index (κ3) is 4.73. The molecule has 192 valence electrons. The van der Waals surface area contributed by atoms with Gasteiger partial charge < -0.3 is 4.57 Å². The van der Waals surface area contributed by atoms with Gasteiger partial charge in [0.2, 0.25) is 0 Å². The lowest BCUT2D eigenvalue weighted by Gasteiger charge is -2.12. The lowest BCUT2D eigenvalue weighted by Crippen LogP contribution is -2.20. The molecule has 0 saturated carbocycles. The molecule has 0 aliphatic heterocycles. The number of aromatic nitrogens is 3. The van der Waals surface area contributed by atoms with Crippen molar-refractivity contribution in [3.05, 3.63) is 116 Å². The number of aryl methyl sites for hydroxylation is 1. The van der Waals surface area contributed by atoms with Gasteiger partial charge in [-0.25, -0.2) is 4.98 Å². The molecule has 0 fully saturated rings. The van der Waals surface area contributed by atoms with Gasteiger partial charge in [0.05, 0.1) is 33.4 Å². The van der Waals surface area contributed by atoms with Crippen molar-refractivity contribution in [3.8, 4) is 17.1 Å². The number of hydrogen-bond acceptors (Lipinski definition) is 3. The summed E-state index contributed by atoms with van der Waals surface area (Å²) in [4.78, 5) is 17.9. The molecule has 0 atom stereocenters. The van der Waals surface area contributed by atoms with Gasteiger partial charge in [0.1, 0.15) is 0 Å². The normalized spacial score (nSPS) is 12.1. The van der Waals surface area contributed by atoms with E-state index in [1.807, 2.05) is 24.5 Å². The minimum atomic E-state index is -4.55. The van der Waals surface area contributed by atoms with Crippen LogP contribution in [-0.4, -0.2) is 20.4 Å². The number of fused-ring (bicyclic) bond motifs is 1. The Hall–Kier alpha value is -3.88. The van der Waals surface area contributed by atoms with Crippen molar-refractivity contribution in [3.63, 3.8) is 0 Å². The third-order valence-corrected chi connectivity index (χ3v) is 6.67. The highest BCUT2D eigenvalue weighted by Gasteiger charge is 2.31. The number of halogens is 5. The smallest absolute Gasteiger partial charge is 0.316 e. The zero-order chi connectivity index (χ0) is 27.2. The first-order chi connectivity index (χ1) is 18.0. The van der Waals surface area contributed by atoms with E-state index in [9.17, 15) is 18.0 Å². The standard InChI is InChI=1S/C28H19Cl2F3N4O/c1-16-12-19(17(2)36(16)25-11-10-21(29)14-23(25)30)15-34-37-26(18-6-5-7-20(13-18)28(31,32)33)35-24-9-4-3-8-22(24)27(37)38/h3-15H,1-2H3. The van der Waals surface area contributed by atoms with Gasteiger partial charge in [-0.1, -0.05) is 47.5 Å². The fourth-order valence-corrected chi connectivity index (χ4v) is 4.82. The molecule has 3 aromatic carbocycles. The molecule has 0 amide bonds. The van der Waals surface area contributed by atoms with Crippen molar-refractivity contribution in [2.45, 2.75) is 20.0 Å². The predicted octanol–water partition coefficient (Wildman–Crippen LogP) is 7.68. The van der Waals surface area contributed by atoms with Crippen LogP contribution in [0.1, 0.15) is 22.5 Å². The highest BCUT2D eigenvalue weighted by molar-refractivity contribution is 6.35. The van der Waals surface area contributed by atoms with Crippen LogP contribution in [0.4, 0.5) is 13.2 Å². The SMILES string of the molecule is Cc1cc(C=Nn2c(-c3cccc(C(F)(F)F)c3)nc3ccccc3c2=O)c(C)n1-c1ccc(Cl)cc1Cl. The van der Waals surface area contributed by atoms with Gasteiger partial charge in [0.25, 0.3) is 5.56 Å². The second-order valence-corrected chi connectivity index (χ2v) is 9.49. The molecule has 10 heteroatoms. The highest BCUT2D eigenvalue weighted by atomic mass is 35.5. The highest BCUT2D eigenvalue weighted by Crippen LogP contribution is 2.32. The number of benzene rings is 3. The van der Waals surface area contributed by atoms with Gasteiger partial charge in [0, 0.05) is 27.5 Å². The van der Waals surface area contributed by atoms with Gasteiger partial charge in [-0.15, -0.1) is 0 Å². The van der Waals surface area contributed by atoms with E-state index < -0.39 is 17.3 Å². The summed E-state index contributed by atoms with van der Waals surface area (Å²) in [7, 11) is 0. The Kier molecular flexibility index (Phi) is 6.63. The van der Waals surface area contributed by atoms with Crippen LogP contribution in [0.25, 0.3) is 28.0 Å². The number of alkyl halides is 3. The lowest BCUT2D eigenvalue weighted by atomic mass is 10.1. The lowest BCUT2D eigenvalue weighted by molar-refractivity contribution is -0.137. The largest absolute Gasteiger partial charge is 0.416 e. The molecule has 0 aliphatic rings. The van der Waals surface area contributed by atoms with E-state index in [2.05, 4.69) is 10.1 Å². The summed E-state index contributed by atoms with van der Waals surface area (Å²) in [5, 5.41) is 5.67. The minimum absolute atomic E-state index is 0.00870. The predicted molar refractivity (Wildman–Crippen MR) is 145 cm³/mol. The van der Waals surface area contributed by atoms with Crippen molar-refractivity contribution in [2.24, 2.45) is 5.10 Å². The molecule has 0 radical (unpaired) electrons. The first-order valence-corrected chi connectivity index (χ1v) is 12.2. The van der Waals surface area contributed by atoms with Crippen LogP contribution in [0.3, 0.4) is 0 Å². The summed E-state index contributed by atoms with van der Waals surface area (Å²) >= 11 is 12.5. The number of hydrogen-bond donors (Lipinski definition) is 0. The summed E-state index contributed by atoms with van der Waals surface area (Å²) in [5.41, 5.74) is 2.16. The third-order valence-electron chi connectivity index (χ3n) is 6.14. The molecule has 5 nitrogen and oxygen atoms in total. The quantitative estimate of drug-likeness (QED) is 0.214. The van der Waals surface area contributed by atoms with E-state index in [1.54, 1.807) is 42.5 Å². The maximum atomic E-state index is 13.4. The molecule has 0 saturated heterocycles. The first-order valence-electron chi connectivity index (χ1n) is 11.4. The molecule has 38 heavy (non-hydrogen) atoms. The van der Waals surface area contributed by atoms with Crippen molar-refractivity contribution in [2.75, 3.05) is 0 Å². The summed E-state index contributed by atoms with van der Waals surface area (Å²) in [6.45, 7) is 3.77. The Morgan fingerprint density at radius 3 is 2.45 bits per heavy atom. The van der Waals surface area contributed by atoms with Crippen LogP contribution >= 0.6 is 23.2 Å². The Bertz CT molecular complexity index is 1790. The topological polar surface area (TPSA) is 52.2 Å². The molecule has 5 rings (SSSR count). The van der Waals surface area contributed by atoms with Crippen molar-refractivity contribution in [1.29, 1.82) is 0 Å². The van der Waals surface area contributed by atoms with Crippen molar-refractivity contribution < 1.29 is 13.2 Å². The summed E-state index contributed by atoms with van der Waals surface area (Å²) in [6, 6.07) is 18.3. The average molecular weight is 555 g/mol. The summed E-state index contributed by atoms with van der Waals surface area (Å²) in [6.07, 6.45) is -3.07. The fraction of sp³-hybridized carbons (Fsp3) is 0.107. The Balaban J connectivity index is 1.67. The molecular formula is C28H19Cl2F3N4O. The van der Waals surface area contributed by atoms with Crippen LogP contribution < -0.4 is 5.56 Å². The van der Waals surface area contributed by atoms with E-state index in [1.165, 1.54) is 18.3 Å². The van der Waals surface area contributed by atoms with E-state index in [0.717, 1.165) is 33.9 Å². The molecule has 2 heterocycles. The molecule has 5 aromatic rings. The van der Waals surface area contributed by atoms with Crippen LogP contribution in [0, 0.1) is 13.8 Å². The van der Waals surface area contributed by atoms with Gasteiger partial charge in [-0.05, 0) is 62.4 Å². The van der Waals surface area contributed by atoms with Gasteiger partial charge in [-0.3, -0.25) is 4.79 Å². The Morgan fingerprint density at radius 1 is 0.947 bits per heavy atom. The molecule has 0 unspecified atom stereocenters. The van der Waals surface area contributed by atoms with Gasteiger partial charge in [-0.2, -0.15) is 22.9 Å². The van der Waals surface area contributed by atoms with E-state index in [4.69, 9.17) is 23.2 Å². The molecule has 0 N–H and O–H groups in total. The summed E-state index contributed by atoms with van der Waals surface area (Å²) in [5.74, 6) is -0.00870. The zero-order valence-electron chi connectivity index (χ0n) is 20.1. The number of nitrogens with zero attached hydrogens (tertiary/aromatic N) is 4. The second kappa shape index (κ2) is 9.78. The molecule has 2 aromatic heterocycles. The Morgan fingerprint density at radius 2 is 1.71 bits per heavy atom. The maximum Gasteiger partial charge on any atom is 0.416 e. The molecule has 0 bridgehead atoms. The Labute approximate surface area is 225 Å². The molecular weight excluding hydrogens is 536 g/mol. The number of rotatable bonds is 4. The van der Waals surface area contributed by atoms with E-state index >= 15 is 0 Å². The number of para-hydroxylation sites is 1. The monoisotopic (exact) mass is 554 g/mol. The van der Waals surface area contributed by atoms with Crippen LogP contribution in [-0.2, 0) is 6.18 Å². The fourth-order valence-electron chi connectivity index (χ4n) is 4.32. The van der Waals surface area contributed by atoms with Crippen LogP contribution in [0.15, 0.2) is 82.7 Å². The van der Waals surface area contributed by atoms with Gasteiger partial charge in [0.15, 0.2) is 5.82 Å². The van der Waals surface area contributed by atoms with Crippen LogP contribution in [0.2, 0.25) is 10.0 Å². The minimum Gasteiger partial charge on any atom is -0.316 e. The summed E-state index contributed by atoms with van der Waals surface area (Å²) < 4.78 is 43.2. The maximum absolute atomic E-state index is 13.4. The second-order valence-electron chi connectivity index (χ2n) is 8.65.